The predicted molar refractivity (Wildman–Crippen MR) is 70.9 cm³/mol. The monoisotopic (exact) mass is 230 g/mol. The van der Waals surface area contributed by atoms with Gasteiger partial charge in [0.1, 0.15) is 5.82 Å². The van der Waals surface area contributed by atoms with Crippen LogP contribution < -0.4 is 11.1 Å². The minimum atomic E-state index is 0.260. The third-order valence-corrected chi connectivity index (χ3v) is 2.79. The summed E-state index contributed by atoms with van der Waals surface area (Å²) in [7, 11) is 0. The fourth-order valence-corrected chi connectivity index (χ4v) is 1.63. The summed E-state index contributed by atoms with van der Waals surface area (Å²) in [5.74, 6) is 0.812. The Morgan fingerprint density at radius 3 is 2.82 bits per heavy atom. The zero-order valence-electron chi connectivity index (χ0n) is 10.1. The van der Waals surface area contributed by atoms with Gasteiger partial charge in [-0.1, -0.05) is 19.1 Å². The molecule has 0 aliphatic rings. The molecule has 1 aromatic carbocycles. The molecule has 2 rings (SSSR count). The summed E-state index contributed by atoms with van der Waals surface area (Å²) in [5.41, 5.74) is 7.69. The molecule has 17 heavy (non-hydrogen) atoms. The topological polar surface area (TPSA) is 63.8 Å². The lowest BCUT2D eigenvalue weighted by Gasteiger charge is -2.10. The summed E-state index contributed by atoms with van der Waals surface area (Å²) < 4.78 is 0. The van der Waals surface area contributed by atoms with E-state index >= 15 is 0 Å². The zero-order valence-corrected chi connectivity index (χ0v) is 10.1. The number of aromatic nitrogens is 2. The Morgan fingerprint density at radius 1 is 1.29 bits per heavy atom. The number of rotatable bonds is 5. The van der Waals surface area contributed by atoms with Crippen molar-refractivity contribution in [3.8, 4) is 0 Å². The van der Waals surface area contributed by atoms with E-state index in [0.717, 1.165) is 36.2 Å². The summed E-state index contributed by atoms with van der Waals surface area (Å²) in [6.07, 6.45) is 3.72. The van der Waals surface area contributed by atoms with E-state index in [2.05, 4.69) is 22.2 Å². The van der Waals surface area contributed by atoms with Gasteiger partial charge in [-0.25, -0.2) is 4.98 Å². The van der Waals surface area contributed by atoms with Crippen LogP contribution in [-0.2, 0) is 0 Å². The lowest BCUT2D eigenvalue weighted by atomic mass is 10.2. The molecule has 0 aliphatic carbocycles. The molecular formula is C13H18N4. The second-order valence-electron chi connectivity index (χ2n) is 4.13. The van der Waals surface area contributed by atoms with E-state index in [1.54, 1.807) is 6.20 Å². The molecule has 0 radical (unpaired) electrons. The molecule has 1 heterocycles. The molecule has 1 atom stereocenters. The van der Waals surface area contributed by atoms with Gasteiger partial charge >= 0.3 is 0 Å². The highest BCUT2D eigenvalue weighted by Gasteiger charge is 2.00. The molecule has 2 aromatic rings. The van der Waals surface area contributed by atoms with Crippen molar-refractivity contribution in [3.05, 3.63) is 30.5 Å². The van der Waals surface area contributed by atoms with Gasteiger partial charge < -0.3 is 11.1 Å². The van der Waals surface area contributed by atoms with E-state index in [9.17, 15) is 0 Å². The molecule has 90 valence electrons. The van der Waals surface area contributed by atoms with Crippen molar-refractivity contribution >= 4 is 16.9 Å². The average Bonchev–Trinajstić information content (AvgIpc) is 2.38. The summed E-state index contributed by atoms with van der Waals surface area (Å²) in [5, 5.41) is 3.25. The summed E-state index contributed by atoms with van der Waals surface area (Å²) in [6, 6.07) is 8.11. The van der Waals surface area contributed by atoms with Crippen LogP contribution in [0.4, 0.5) is 5.82 Å². The van der Waals surface area contributed by atoms with E-state index in [1.165, 1.54) is 0 Å². The van der Waals surface area contributed by atoms with Crippen LogP contribution in [0.3, 0.4) is 0 Å². The Morgan fingerprint density at radius 2 is 2.06 bits per heavy atom. The van der Waals surface area contributed by atoms with Crippen LogP contribution in [-0.4, -0.2) is 22.6 Å². The quantitative estimate of drug-likeness (QED) is 0.826. The van der Waals surface area contributed by atoms with Gasteiger partial charge in [-0.15, -0.1) is 0 Å². The fraction of sp³-hybridized carbons (Fsp3) is 0.385. The molecule has 0 saturated heterocycles. The highest BCUT2D eigenvalue weighted by molar-refractivity contribution is 5.75. The van der Waals surface area contributed by atoms with Crippen molar-refractivity contribution in [2.75, 3.05) is 11.9 Å². The largest absolute Gasteiger partial charge is 0.369 e. The molecule has 0 spiro atoms. The average molecular weight is 230 g/mol. The Balaban J connectivity index is 1.99. The number of nitrogens with one attached hydrogen (secondary N) is 1. The number of anilines is 1. The molecule has 1 aromatic heterocycles. The van der Waals surface area contributed by atoms with Gasteiger partial charge in [0.25, 0.3) is 0 Å². The van der Waals surface area contributed by atoms with Crippen LogP contribution in [0.15, 0.2) is 30.5 Å². The van der Waals surface area contributed by atoms with Crippen molar-refractivity contribution in [2.24, 2.45) is 5.73 Å². The maximum absolute atomic E-state index is 5.85. The maximum atomic E-state index is 5.85. The Kier molecular flexibility index (Phi) is 3.88. The lowest BCUT2D eigenvalue weighted by Crippen LogP contribution is -2.22. The number of hydrogen-bond donors (Lipinski definition) is 2. The van der Waals surface area contributed by atoms with Crippen LogP contribution in [0.25, 0.3) is 11.0 Å². The normalized spacial score (nSPS) is 12.6. The number of benzene rings is 1. The van der Waals surface area contributed by atoms with Crippen molar-refractivity contribution in [1.29, 1.82) is 0 Å². The first-order valence-electron chi connectivity index (χ1n) is 6.01. The fourth-order valence-electron chi connectivity index (χ4n) is 1.63. The van der Waals surface area contributed by atoms with E-state index in [4.69, 9.17) is 5.73 Å². The third-order valence-electron chi connectivity index (χ3n) is 2.79. The first-order valence-corrected chi connectivity index (χ1v) is 6.01. The Bertz CT molecular complexity index is 484. The van der Waals surface area contributed by atoms with Crippen LogP contribution in [0.2, 0.25) is 0 Å². The van der Waals surface area contributed by atoms with Crippen molar-refractivity contribution in [1.82, 2.24) is 9.97 Å². The highest BCUT2D eigenvalue weighted by atomic mass is 15.0. The van der Waals surface area contributed by atoms with Gasteiger partial charge in [-0.2, -0.15) is 0 Å². The molecule has 4 heteroatoms. The lowest BCUT2D eigenvalue weighted by molar-refractivity contribution is 0.613. The standard InChI is InChI=1S/C13H18N4/c1-2-10(14)7-8-15-13-9-16-11-5-3-4-6-12(11)17-13/h3-6,9-10H,2,7-8,14H2,1H3,(H,15,17). The Hall–Kier alpha value is -1.68. The summed E-state index contributed by atoms with van der Waals surface area (Å²) in [6.45, 7) is 2.93. The number of hydrogen-bond acceptors (Lipinski definition) is 4. The maximum Gasteiger partial charge on any atom is 0.145 e. The smallest absolute Gasteiger partial charge is 0.145 e. The number of fused-ring (bicyclic) bond motifs is 1. The third kappa shape index (κ3) is 3.14. The van der Waals surface area contributed by atoms with Gasteiger partial charge in [0, 0.05) is 12.6 Å². The minimum Gasteiger partial charge on any atom is -0.369 e. The molecular weight excluding hydrogens is 212 g/mol. The zero-order chi connectivity index (χ0) is 12.1. The molecule has 0 fully saturated rings. The highest BCUT2D eigenvalue weighted by Crippen LogP contribution is 2.11. The molecule has 3 N–H and O–H groups in total. The first-order chi connectivity index (χ1) is 8.29. The second kappa shape index (κ2) is 5.59. The minimum absolute atomic E-state index is 0.260. The Labute approximate surface area is 101 Å². The van der Waals surface area contributed by atoms with Crippen molar-refractivity contribution in [2.45, 2.75) is 25.8 Å². The SMILES string of the molecule is CCC(N)CCNc1cnc2ccccc2n1. The van der Waals surface area contributed by atoms with Crippen molar-refractivity contribution < 1.29 is 0 Å². The number of nitrogens with two attached hydrogens (primary N) is 1. The number of nitrogens with zero attached hydrogens (tertiary/aromatic N) is 2. The predicted octanol–water partition coefficient (Wildman–Crippen LogP) is 2.17. The van der Waals surface area contributed by atoms with Crippen LogP contribution in [0.1, 0.15) is 19.8 Å². The number of para-hydroxylation sites is 2. The van der Waals surface area contributed by atoms with Crippen LogP contribution in [0.5, 0.6) is 0 Å². The van der Waals surface area contributed by atoms with Gasteiger partial charge in [-0.3, -0.25) is 4.98 Å². The van der Waals surface area contributed by atoms with E-state index < -0.39 is 0 Å². The molecule has 0 bridgehead atoms. The molecule has 4 nitrogen and oxygen atoms in total. The van der Waals surface area contributed by atoms with Gasteiger partial charge in [0.15, 0.2) is 0 Å². The van der Waals surface area contributed by atoms with E-state index in [-0.39, 0.29) is 6.04 Å². The van der Waals surface area contributed by atoms with Gasteiger partial charge in [0.2, 0.25) is 0 Å². The first kappa shape index (κ1) is 11.8. The van der Waals surface area contributed by atoms with Crippen molar-refractivity contribution in [3.63, 3.8) is 0 Å². The summed E-state index contributed by atoms with van der Waals surface area (Å²) >= 11 is 0. The van der Waals surface area contributed by atoms with Crippen LogP contribution in [0, 0.1) is 0 Å². The molecule has 0 aliphatic heterocycles. The molecule has 0 amide bonds. The van der Waals surface area contributed by atoms with Crippen LogP contribution >= 0.6 is 0 Å². The van der Waals surface area contributed by atoms with E-state index in [0.29, 0.717) is 0 Å². The van der Waals surface area contributed by atoms with E-state index in [1.807, 2.05) is 24.3 Å². The summed E-state index contributed by atoms with van der Waals surface area (Å²) in [4.78, 5) is 8.83. The molecule has 0 saturated carbocycles. The van der Waals surface area contributed by atoms with Gasteiger partial charge in [0.05, 0.1) is 17.2 Å². The second-order valence-corrected chi connectivity index (χ2v) is 4.13. The molecule has 1 unspecified atom stereocenters. The van der Waals surface area contributed by atoms with Gasteiger partial charge in [-0.05, 0) is 25.0 Å².